The van der Waals surface area contributed by atoms with E-state index in [-0.39, 0.29) is 11.7 Å². The molecule has 0 heterocycles. The maximum atomic E-state index is 13.2. The first-order valence-corrected chi connectivity index (χ1v) is 6.01. The van der Waals surface area contributed by atoms with Crippen molar-refractivity contribution in [3.05, 3.63) is 29.6 Å². The summed E-state index contributed by atoms with van der Waals surface area (Å²) < 4.78 is 18.4. The summed E-state index contributed by atoms with van der Waals surface area (Å²) in [6, 6.07) is 6.74. The van der Waals surface area contributed by atoms with Crippen LogP contribution in [0.2, 0.25) is 0 Å². The predicted molar refractivity (Wildman–Crippen MR) is 68.7 cm³/mol. The van der Waals surface area contributed by atoms with Gasteiger partial charge in [0.1, 0.15) is 11.6 Å². The molecule has 0 bridgehead atoms. The Morgan fingerprint density at radius 3 is 2.78 bits per heavy atom. The Bertz CT molecular complexity index is 428. The lowest BCUT2D eigenvalue weighted by Crippen LogP contribution is -2.24. The lowest BCUT2D eigenvalue weighted by atomic mass is 10.1. The molecule has 1 rings (SSSR count). The van der Waals surface area contributed by atoms with Gasteiger partial charge in [0.25, 0.3) is 0 Å². The highest BCUT2D eigenvalue weighted by molar-refractivity contribution is 5.33. The van der Waals surface area contributed by atoms with E-state index >= 15 is 0 Å². The molecule has 0 saturated carbocycles. The largest absolute Gasteiger partial charge is 0.496 e. The number of methoxy groups -OCH3 is 1. The van der Waals surface area contributed by atoms with Crippen molar-refractivity contribution in [3.63, 3.8) is 0 Å². The van der Waals surface area contributed by atoms with Crippen LogP contribution < -0.4 is 4.74 Å². The fourth-order valence-electron chi connectivity index (χ4n) is 1.86. The van der Waals surface area contributed by atoms with Crippen LogP contribution >= 0.6 is 0 Å². The van der Waals surface area contributed by atoms with Crippen molar-refractivity contribution in [2.24, 2.45) is 5.92 Å². The fraction of sp³-hybridized carbons (Fsp3) is 0.500. The summed E-state index contributed by atoms with van der Waals surface area (Å²) in [5.74, 6) is 0.411. The average molecular weight is 250 g/mol. The molecule has 0 radical (unpaired) electrons. The van der Waals surface area contributed by atoms with Gasteiger partial charge in [-0.05, 0) is 31.7 Å². The Kier molecular flexibility index (Phi) is 5.60. The lowest BCUT2D eigenvalue weighted by Gasteiger charge is -2.20. The Morgan fingerprint density at radius 1 is 1.50 bits per heavy atom. The van der Waals surface area contributed by atoms with Crippen LogP contribution in [0.3, 0.4) is 0 Å². The summed E-state index contributed by atoms with van der Waals surface area (Å²) in [6.07, 6.45) is 0.821. The zero-order valence-corrected chi connectivity index (χ0v) is 11.1. The molecule has 3 nitrogen and oxygen atoms in total. The summed E-state index contributed by atoms with van der Waals surface area (Å²) in [5.41, 5.74) is 0.799. The van der Waals surface area contributed by atoms with Gasteiger partial charge < -0.3 is 9.64 Å². The minimum atomic E-state index is -0.272. The lowest BCUT2D eigenvalue weighted by molar-refractivity contribution is 0.286. The second-order valence-electron chi connectivity index (χ2n) is 4.39. The molecule has 4 heteroatoms. The van der Waals surface area contributed by atoms with Crippen LogP contribution in [0.25, 0.3) is 0 Å². The number of nitriles is 1. The zero-order chi connectivity index (χ0) is 13.5. The molecule has 98 valence electrons. The van der Waals surface area contributed by atoms with Crippen molar-refractivity contribution in [2.45, 2.75) is 19.9 Å². The van der Waals surface area contributed by atoms with E-state index in [9.17, 15) is 4.39 Å². The van der Waals surface area contributed by atoms with E-state index in [0.717, 1.165) is 12.0 Å². The van der Waals surface area contributed by atoms with Crippen molar-refractivity contribution in [2.75, 3.05) is 20.7 Å². The Hall–Kier alpha value is -1.60. The normalized spacial score (nSPS) is 12.2. The maximum Gasteiger partial charge on any atom is 0.123 e. The minimum absolute atomic E-state index is 0.00885. The van der Waals surface area contributed by atoms with Gasteiger partial charge in [-0.1, -0.05) is 6.92 Å². The van der Waals surface area contributed by atoms with Crippen LogP contribution in [0.4, 0.5) is 4.39 Å². The van der Waals surface area contributed by atoms with Crippen LogP contribution in [-0.2, 0) is 6.54 Å². The molecule has 1 aromatic carbocycles. The SMILES string of the molecule is CCC(C#N)CN(C)Cc1cc(F)ccc1OC. The van der Waals surface area contributed by atoms with Crippen molar-refractivity contribution >= 4 is 0 Å². The molecule has 0 fully saturated rings. The minimum Gasteiger partial charge on any atom is -0.496 e. The van der Waals surface area contributed by atoms with E-state index in [0.29, 0.717) is 18.8 Å². The van der Waals surface area contributed by atoms with E-state index in [4.69, 9.17) is 10.00 Å². The molecule has 0 amide bonds. The average Bonchev–Trinajstić information content (AvgIpc) is 2.36. The van der Waals surface area contributed by atoms with Gasteiger partial charge in [-0.25, -0.2) is 4.39 Å². The summed E-state index contributed by atoms with van der Waals surface area (Å²) in [7, 11) is 3.49. The quantitative estimate of drug-likeness (QED) is 0.779. The molecule has 0 aromatic heterocycles. The van der Waals surface area contributed by atoms with Crippen molar-refractivity contribution in [3.8, 4) is 11.8 Å². The number of ether oxygens (including phenoxy) is 1. The number of hydrogen-bond acceptors (Lipinski definition) is 3. The first-order valence-electron chi connectivity index (χ1n) is 6.01. The standard InChI is InChI=1S/C14H19FN2O/c1-4-11(8-16)9-17(2)10-12-7-13(15)5-6-14(12)18-3/h5-7,11H,4,9-10H2,1-3H3. The molecular formula is C14H19FN2O. The number of hydrogen-bond donors (Lipinski definition) is 0. The number of nitrogens with zero attached hydrogens (tertiary/aromatic N) is 2. The van der Waals surface area contributed by atoms with E-state index in [1.54, 1.807) is 13.2 Å². The molecule has 0 aliphatic carbocycles. The molecular weight excluding hydrogens is 231 g/mol. The van der Waals surface area contributed by atoms with Gasteiger partial charge in [-0.15, -0.1) is 0 Å². The summed E-state index contributed by atoms with van der Waals surface area (Å²) in [6.45, 7) is 3.23. The van der Waals surface area contributed by atoms with E-state index in [1.807, 2.05) is 18.9 Å². The first kappa shape index (κ1) is 14.5. The molecule has 1 atom stereocenters. The monoisotopic (exact) mass is 250 g/mol. The molecule has 0 spiro atoms. The van der Waals surface area contributed by atoms with Gasteiger partial charge in [-0.3, -0.25) is 0 Å². The van der Waals surface area contributed by atoms with Crippen LogP contribution in [0, 0.1) is 23.1 Å². The van der Waals surface area contributed by atoms with Crippen molar-refractivity contribution < 1.29 is 9.13 Å². The summed E-state index contributed by atoms with van der Waals surface area (Å²) in [4.78, 5) is 2.01. The fourth-order valence-corrected chi connectivity index (χ4v) is 1.86. The topological polar surface area (TPSA) is 36.3 Å². The predicted octanol–water partition coefficient (Wildman–Crippen LogP) is 2.82. The Labute approximate surface area is 108 Å². The van der Waals surface area contributed by atoms with Gasteiger partial charge in [0, 0.05) is 18.7 Å². The maximum absolute atomic E-state index is 13.2. The van der Waals surface area contributed by atoms with Gasteiger partial charge in [0.15, 0.2) is 0 Å². The smallest absolute Gasteiger partial charge is 0.123 e. The molecule has 1 aromatic rings. The highest BCUT2D eigenvalue weighted by Gasteiger charge is 2.11. The van der Waals surface area contributed by atoms with E-state index in [1.165, 1.54) is 12.1 Å². The summed E-state index contributed by atoms with van der Waals surface area (Å²) in [5, 5.41) is 8.92. The van der Waals surface area contributed by atoms with Crippen molar-refractivity contribution in [1.82, 2.24) is 4.90 Å². The van der Waals surface area contributed by atoms with Gasteiger partial charge in [0.05, 0.1) is 19.1 Å². The highest BCUT2D eigenvalue weighted by atomic mass is 19.1. The van der Waals surface area contributed by atoms with Gasteiger partial charge in [-0.2, -0.15) is 5.26 Å². The molecule has 0 N–H and O–H groups in total. The second kappa shape index (κ2) is 6.97. The zero-order valence-electron chi connectivity index (χ0n) is 11.1. The third-order valence-corrected chi connectivity index (χ3v) is 2.89. The van der Waals surface area contributed by atoms with Crippen LogP contribution in [-0.4, -0.2) is 25.6 Å². The molecule has 18 heavy (non-hydrogen) atoms. The van der Waals surface area contributed by atoms with E-state index in [2.05, 4.69) is 6.07 Å². The van der Waals surface area contributed by atoms with Gasteiger partial charge >= 0.3 is 0 Å². The summed E-state index contributed by atoms with van der Waals surface area (Å²) >= 11 is 0. The molecule has 0 saturated heterocycles. The number of halogens is 1. The van der Waals surface area contributed by atoms with Crippen LogP contribution in [0.5, 0.6) is 5.75 Å². The number of rotatable bonds is 6. The molecule has 0 aliphatic heterocycles. The highest BCUT2D eigenvalue weighted by Crippen LogP contribution is 2.21. The second-order valence-corrected chi connectivity index (χ2v) is 4.39. The number of benzene rings is 1. The van der Waals surface area contributed by atoms with Gasteiger partial charge in [0.2, 0.25) is 0 Å². The van der Waals surface area contributed by atoms with Crippen LogP contribution in [0.15, 0.2) is 18.2 Å². The Morgan fingerprint density at radius 2 is 2.22 bits per heavy atom. The molecule has 1 unspecified atom stereocenters. The first-order chi connectivity index (χ1) is 8.60. The van der Waals surface area contributed by atoms with E-state index < -0.39 is 0 Å². The third-order valence-electron chi connectivity index (χ3n) is 2.89. The Balaban J connectivity index is 2.72. The van der Waals surface area contributed by atoms with Crippen molar-refractivity contribution in [1.29, 1.82) is 5.26 Å². The molecule has 0 aliphatic rings. The third kappa shape index (κ3) is 4.01. The van der Waals surface area contributed by atoms with Crippen LogP contribution in [0.1, 0.15) is 18.9 Å².